The van der Waals surface area contributed by atoms with Crippen LogP contribution in [0.25, 0.3) is 0 Å². The molecule has 0 spiro atoms. The van der Waals surface area contributed by atoms with Gasteiger partial charge in [0.1, 0.15) is 11.5 Å². The van der Waals surface area contributed by atoms with Gasteiger partial charge in [-0.1, -0.05) is 22.0 Å². The van der Waals surface area contributed by atoms with Gasteiger partial charge >= 0.3 is 0 Å². The first kappa shape index (κ1) is 16.4. The molecule has 0 bridgehead atoms. The van der Waals surface area contributed by atoms with Gasteiger partial charge in [0.25, 0.3) is 0 Å². The Balaban J connectivity index is 2.11. The van der Waals surface area contributed by atoms with Gasteiger partial charge in [-0.05, 0) is 34.1 Å². The second kappa shape index (κ2) is 8.48. The van der Waals surface area contributed by atoms with E-state index in [1.807, 2.05) is 24.3 Å². The summed E-state index contributed by atoms with van der Waals surface area (Å²) in [5, 5.41) is 3.31. The van der Waals surface area contributed by atoms with Crippen LogP contribution < -0.4 is 10.1 Å². The summed E-state index contributed by atoms with van der Waals surface area (Å²) in [6.45, 7) is 2.19. The monoisotopic (exact) mass is 414 g/mol. The van der Waals surface area contributed by atoms with Gasteiger partial charge in [0, 0.05) is 40.9 Å². The van der Waals surface area contributed by atoms with Crippen LogP contribution in [0.5, 0.6) is 11.5 Å². The van der Waals surface area contributed by atoms with Gasteiger partial charge < -0.3 is 14.8 Å². The molecule has 0 fully saturated rings. The predicted molar refractivity (Wildman–Crippen MR) is 89.7 cm³/mol. The molecular formula is C15H16Br2N2O2. The average molecular weight is 416 g/mol. The fourth-order valence-corrected chi connectivity index (χ4v) is 2.43. The molecule has 1 N–H and O–H groups in total. The molecule has 6 heteroatoms. The molecule has 0 saturated heterocycles. The van der Waals surface area contributed by atoms with Crippen LogP contribution in [-0.4, -0.2) is 25.2 Å². The number of halogens is 2. The third-order valence-electron chi connectivity index (χ3n) is 2.74. The maximum atomic E-state index is 5.93. The highest BCUT2D eigenvalue weighted by atomic mass is 79.9. The van der Waals surface area contributed by atoms with Crippen molar-refractivity contribution < 1.29 is 9.47 Å². The molecule has 112 valence electrons. The van der Waals surface area contributed by atoms with E-state index in [0.29, 0.717) is 18.9 Å². The fourth-order valence-electron chi connectivity index (χ4n) is 1.74. The zero-order valence-corrected chi connectivity index (χ0v) is 14.8. The minimum Gasteiger partial charge on any atom is -0.455 e. The highest BCUT2D eigenvalue weighted by Crippen LogP contribution is 2.29. The molecule has 0 unspecified atom stereocenters. The summed E-state index contributed by atoms with van der Waals surface area (Å²) >= 11 is 6.86. The van der Waals surface area contributed by atoms with Crippen molar-refractivity contribution in [3.63, 3.8) is 0 Å². The molecule has 0 amide bonds. The van der Waals surface area contributed by atoms with Gasteiger partial charge in [-0.25, -0.2) is 0 Å². The molecule has 0 saturated carbocycles. The zero-order chi connectivity index (χ0) is 15.1. The fraction of sp³-hybridized carbons (Fsp3) is 0.267. The molecule has 4 nitrogen and oxygen atoms in total. The van der Waals surface area contributed by atoms with E-state index in [0.717, 1.165) is 26.8 Å². The summed E-state index contributed by atoms with van der Waals surface area (Å²) < 4.78 is 12.8. The summed E-state index contributed by atoms with van der Waals surface area (Å²) in [4.78, 5) is 4.10. The third-order valence-corrected chi connectivity index (χ3v) is 3.66. The summed E-state index contributed by atoms with van der Waals surface area (Å²) in [6, 6.07) is 7.87. The van der Waals surface area contributed by atoms with E-state index in [2.05, 4.69) is 42.2 Å². The molecule has 2 aromatic rings. The molecule has 1 heterocycles. The minimum atomic E-state index is 0.683. The van der Waals surface area contributed by atoms with Crippen LogP contribution in [0.15, 0.2) is 45.6 Å². The van der Waals surface area contributed by atoms with Crippen molar-refractivity contribution in [2.75, 3.05) is 20.3 Å². The van der Waals surface area contributed by atoms with Crippen LogP contribution in [0.1, 0.15) is 5.56 Å². The number of rotatable bonds is 7. The van der Waals surface area contributed by atoms with E-state index in [1.54, 1.807) is 19.5 Å². The van der Waals surface area contributed by atoms with Crippen LogP contribution in [0.4, 0.5) is 0 Å². The van der Waals surface area contributed by atoms with Crippen LogP contribution in [0.2, 0.25) is 0 Å². The number of pyridine rings is 1. The normalized spacial score (nSPS) is 10.6. The average Bonchev–Trinajstić information content (AvgIpc) is 2.45. The van der Waals surface area contributed by atoms with Crippen LogP contribution in [-0.2, 0) is 11.3 Å². The van der Waals surface area contributed by atoms with E-state index in [9.17, 15) is 0 Å². The third kappa shape index (κ3) is 5.39. The Morgan fingerprint density at radius 1 is 1.14 bits per heavy atom. The Bertz CT molecular complexity index is 594. The van der Waals surface area contributed by atoms with Crippen molar-refractivity contribution in [2.45, 2.75) is 6.54 Å². The summed E-state index contributed by atoms with van der Waals surface area (Å²) in [5.41, 5.74) is 1.08. The Kier molecular flexibility index (Phi) is 6.63. The van der Waals surface area contributed by atoms with Crippen LogP contribution in [0, 0.1) is 0 Å². The molecule has 0 aliphatic rings. The number of nitrogens with zero attached hydrogens (tertiary/aromatic N) is 1. The molecule has 1 aromatic heterocycles. The highest BCUT2D eigenvalue weighted by molar-refractivity contribution is 9.10. The number of ether oxygens (including phenoxy) is 2. The van der Waals surface area contributed by atoms with Crippen molar-refractivity contribution in [2.24, 2.45) is 0 Å². The number of hydrogen-bond acceptors (Lipinski definition) is 4. The van der Waals surface area contributed by atoms with Crippen molar-refractivity contribution in [1.82, 2.24) is 10.3 Å². The summed E-state index contributed by atoms with van der Waals surface area (Å²) in [6.07, 6.45) is 3.41. The number of nitrogens with one attached hydrogen (secondary N) is 1. The van der Waals surface area contributed by atoms with Crippen molar-refractivity contribution >= 4 is 31.9 Å². The standard InChI is InChI=1S/C15H16Br2N2O2/c1-20-5-4-18-8-11-2-3-12(16)7-15(11)21-14-6-13(17)9-19-10-14/h2-3,6-7,9-10,18H,4-5,8H2,1H3. The minimum absolute atomic E-state index is 0.683. The van der Waals surface area contributed by atoms with E-state index < -0.39 is 0 Å². The summed E-state index contributed by atoms with van der Waals surface area (Å²) in [5.74, 6) is 1.50. The largest absolute Gasteiger partial charge is 0.455 e. The Labute approximate surface area is 141 Å². The number of benzene rings is 1. The smallest absolute Gasteiger partial charge is 0.146 e. The lowest BCUT2D eigenvalue weighted by molar-refractivity contribution is 0.199. The van der Waals surface area contributed by atoms with Gasteiger partial charge in [-0.3, -0.25) is 4.98 Å². The predicted octanol–water partition coefficient (Wildman–Crippen LogP) is 4.13. The Hall–Kier alpha value is -0.950. The molecule has 0 atom stereocenters. The van der Waals surface area contributed by atoms with E-state index >= 15 is 0 Å². The molecular weight excluding hydrogens is 400 g/mol. The summed E-state index contributed by atoms with van der Waals surface area (Å²) in [7, 11) is 1.69. The van der Waals surface area contributed by atoms with E-state index in [-0.39, 0.29) is 0 Å². The highest BCUT2D eigenvalue weighted by Gasteiger charge is 2.07. The van der Waals surface area contributed by atoms with Gasteiger partial charge in [0.05, 0.1) is 12.8 Å². The van der Waals surface area contributed by atoms with E-state index in [4.69, 9.17) is 9.47 Å². The molecule has 1 aromatic carbocycles. The number of methoxy groups -OCH3 is 1. The number of aromatic nitrogens is 1. The van der Waals surface area contributed by atoms with Crippen molar-refractivity contribution in [3.8, 4) is 11.5 Å². The zero-order valence-electron chi connectivity index (χ0n) is 11.6. The Morgan fingerprint density at radius 3 is 2.76 bits per heavy atom. The SMILES string of the molecule is COCCNCc1ccc(Br)cc1Oc1cncc(Br)c1. The molecule has 2 rings (SSSR count). The van der Waals surface area contributed by atoms with E-state index in [1.165, 1.54) is 0 Å². The molecule has 0 aliphatic carbocycles. The first-order chi connectivity index (χ1) is 10.2. The second-order valence-corrected chi connectivity index (χ2v) is 6.19. The lowest BCUT2D eigenvalue weighted by Crippen LogP contribution is -2.18. The molecule has 0 aliphatic heterocycles. The van der Waals surface area contributed by atoms with Crippen LogP contribution in [0.3, 0.4) is 0 Å². The lowest BCUT2D eigenvalue weighted by Gasteiger charge is -2.12. The molecule has 0 radical (unpaired) electrons. The van der Waals surface area contributed by atoms with Crippen LogP contribution >= 0.6 is 31.9 Å². The van der Waals surface area contributed by atoms with Crippen molar-refractivity contribution in [1.29, 1.82) is 0 Å². The molecule has 21 heavy (non-hydrogen) atoms. The second-order valence-electron chi connectivity index (χ2n) is 4.36. The van der Waals surface area contributed by atoms with Crippen molar-refractivity contribution in [3.05, 3.63) is 51.2 Å². The van der Waals surface area contributed by atoms with Gasteiger partial charge in [-0.2, -0.15) is 0 Å². The lowest BCUT2D eigenvalue weighted by atomic mass is 10.2. The van der Waals surface area contributed by atoms with Gasteiger partial charge in [-0.15, -0.1) is 0 Å². The number of hydrogen-bond donors (Lipinski definition) is 1. The first-order valence-electron chi connectivity index (χ1n) is 6.45. The Morgan fingerprint density at radius 2 is 2.00 bits per heavy atom. The maximum Gasteiger partial charge on any atom is 0.146 e. The topological polar surface area (TPSA) is 43.4 Å². The quantitative estimate of drug-likeness (QED) is 0.690. The van der Waals surface area contributed by atoms with Gasteiger partial charge in [0.15, 0.2) is 0 Å². The first-order valence-corrected chi connectivity index (χ1v) is 8.04. The van der Waals surface area contributed by atoms with Gasteiger partial charge in [0.2, 0.25) is 0 Å². The maximum absolute atomic E-state index is 5.93.